The summed E-state index contributed by atoms with van der Waals surface area (Å²) in [6.45, 7) is 2.64. The Morgan fingerprint density at radius 2 is 2.04 bits per heavy atom. The Hall–Kier alpha value is -2.20. The van der Waals surface area contributed by atoms with Crippen LogP contribution < -0.4 is 0 Å². The number of hydrogen-bond acceptors (Lipinski definition) is 5. The van der Waals surface area contributed by atoms with Crippen LogP contribution in [-0.2, 0) is 14.3 Å². The minimum atomic E-state index is -5.08. The van der Waals surface area contributed by atoms with Crippen molar-refractivity contribution in [3.8, 4) is 0 Å². The van der Waals surface area contributed by atoms with E-state index in [0.717, 1.165) is 19.3 Å². The van der Waals surface area contributed by atoms with Crippen molar-refractivity contribution in [2.75, 3.05) is 33.4 Å². The standard InChI is InChI=1S/C16H22N2O3.C2HF3O2/c1-20-11-14-3-2-6-16(14)12-18(9-10-21-16)15(19)13-4-7-17-8-5-13;3-2(4,5)1(6)7/h4-5,7-8,14H,2-3,6,9-12H2,1H3;(H,6,7)/t14-,16+;/m0./s1. The molecule has 0 unspecified atom stereocenters. The monoisotopic (exact) mass is 404 g/mol. The molecule has 10 heteroatoms. The lowest BCUT2D eigenvalue weighted by Gasteiger charge is -2.44. The molecule has 3 rings (SSSR count). The van der Waals surface area contributed by atoms with Gasteiger partial charge in [-0.3, -0.25) is 9.78 Å². The number of halogens is 3. The van der Waals surface area contributed by atoms with E-state index in [0.29, 0.717) is 37.8 Å². The number of rotatable bonds is 3. The van der Waals surface area contributed by atoms with Gasteiger partial charge < -0.3 is 19.5 Å². The number of carbonyl (C=O) groups excluding carboxylic acids is 1. The van der Waals surface area contributed by atoms with Gasteiger partial charge in [0.05, 0.1) is 25.4 Å². The Morgan fingerprint density at radius 1 is 1.39 bits per heavy atom. The second kappa shape index (κ2) is 9.33. The lowest BCUT2D eigenvalue weighted by Crippen LogP contribution is -2.56. The summed E-state index contributed by atoms with van der Waals surface area (Å²) in [6.07, 6.45) is 1.51. The highest BCUT2D eigenvalue weighted by Crippen LogP contribution is 2.41. The Bertz CT molecular complexity index is 671. The number of nitrogens with zero attached hydrogens (tertiary/aromatic N) is 2. The highest BCUT2D eigenvalue weighted by molar-refractivity contribution is 5.94. The third-order valence-corrected chi connectivity index (χ3v) is 4.93. The van der Waals surface area contributed by atoms with Crippen molar-refractivity contribution >= 4 is 11.9 Å². The van der Waals surface area contributed by atoms with Crippen molar-refractivity contribution in [3.05, 3.63) is 30.1 Å². The van der Waals surface area contributed by atoms with Crippen LogP contribution in [0.2, 0.25) is 0 Å². The molecule has 1 amide bonds. The molecule has 2 heterocycles. The lowest BCUT2D eigenvalue weighted by atomic mass is 9.89. The van der Waals surface area contributed by atoms with Crippen LogP contribution in [0.1, 0.15) is 29.6 Å². The van der Waals surface area contributed by atoms with Crippen molar-refractivity contribution in [1.82, 2.24) is 9.88 Å². The molecule has 156 valence electrons. The van der Waals surface area contributed by atoms with Crippen molar-refractivity contribution in [1.29, 1.82) is 0 Å². The number of carbonyl (C=O) groups is 2. The first-order chi connectivity index (χ1) is 13.2. The molecule has 1 aromatic rings. The van der Waals surface area contributed by atoms with E-state index in [4.69, 9.17) is 19.4 Å². The highest BCUT2D eigenvalue weighted by Gasteiger charge is 2.47. The SMILES string of the molecule is COC[C@@H]1CCC[C@@]12CN(C(=O)c1ccncc1)CCO2.O=C(O)C(F)(F)F. The van der Waals surface area contributed by atoms with Gasteiger partial charge >= 0.3 is 12.1 Å². The molecule has 0 aromatic carbocycles. The number of alkyl halides is 3. The minimum absolute atomic E-state index is 0.0724. The highest BCUT2D eigenvalue weighted by atomic mass is 19.4. The number of carboxylic acids is 1. The maximum absolute atomic E-state index is 12.6. The molecule has 1 aliphatic carbocycles. The Morgan fingerprint density at radius 3 is 2.61 bits per heavy atom. The molecule has 1 saturated heterocycles. The van der Waals surface area contributed by atoms with Crippen LogP contribution in [0.15, 0.2) is 24.5 Å². The first-order valence-corrected chi connectivity index (χ1v) is 8.82. The molecule has 0 bridgehead atoms. The van der Waals surface area contributed by atoms with Gasteiger partial charge in [-0.05, 0) is 25.0 Å². The van der Waals surface area contributed by atoms with Crippen molar-refractivity contribution in [3.63, 3.8) is 0 Å². The van der Waals surface area contributed by atoms with E-state index in [-0.39, 0.29) is 11.5 Å². The summed E-state index contributed by atoms with van der Waals surface area (Å²) >= 11 is 0. The number of aromatic nitrogens is 1. The molecule has 2 aliphatic rings. The van der Waals surface area contributed by atoms with Crippen molar-refractivity contribution in [2.24, 2.45) is 5.92 Å². The second-order valence-electron chi connectivity index (χ2n) is 6.72. The van der Waals surface area contributed by atoms with Crippen LogP contribution in [0.3, 0.4) is 0 Å². The zero-order valence-electron chi connectivity index (χ0n) is 15.4. The molecule has 2 atom stereocenters. The molecule has 1 saturated carbocycles. The predicted molar refractivity (Wildman–Crippen MR) is 91.7 cm³/mol. The topological polar surface area (TPSA) is 89.0 Å². The fourth-order valence-electron chi connectivity index (χ4n) is 3.61. The molecule has 7 nitrogen and oxygen atoms in total. The van der Waals surface area contributed by atoms with E-state index in [2.05, 4.69) is 4.98 Å². The third-order valence-electron chi connectivity index (χ3n) is 4.93. The van der Waals surface area contributed by atoms with Gasteiger partial charge in [-0.25, -0.2) is 4.79 Å². The number of hydrogen-bond donors (Lipinski definition) is 1. The number of amides is 1. The molecule has 1 aromatic heterocycles. The van der Waals surface area contributed by atoms with Crippen LogP contribution in [0.5, 0.6) is 0 Å². The van der Waals surface area contributed by atoms with Gasteiger partial charge in [0.2, 0.25) is 0 Å². The largest absolute Gasteiger partial charge is 0.490 e. The summed E-state index contributed by atoms with van der Waals surface area (Å²) in [5, 5.41) is 7.12. The Labute approximate surface area is 160 Å². The third kappa shape index (κ3) is 5.41. The summed E-state index contributed by atoms with van der Waals surface area (Å²) in [5.74, 6) is -2.30. The maximum Gasteiger partial charge on any atom is 0.490 e. The fourth-order valence-corrected chi connectivity index (χ4v) is 3.61. The van der Waals surface area contributed by atoms with E-state index < -0.39 is 12.1 Å². The fraction of sp³-hybridized carbons (Fsp3) is 0.611. The lowest BCUT2D eigenvalue weighted by molar-refractivity contribution is -0.192. The van der Waals surface area contributed by atoms with Gasteiger partial charge in [0.25, 0.3) is 5.91 Å². The summed E-state index contributed by atoms with van der Waals surface area (Å²) < 4.78 is 43.2. The molecular weight excluding hydrogens is 381 g/mol. The van der Waals surface area contributed by atoms with Gasteiger partial charge in [0.1, 0.15) is 0 Å². The molecular formula is C18H23F3N2O5. The number of aliphatic carboxylic acids is 1. The first kappa shape index (κ1) is 22.1. The van der Waals surface area contributed by atoms with Crippen LogP contribution in [0.25, 0.3) is 0 Å². The summed E-state index contributed by atoms with van der Waals surface area (Å²) in [6, 6.07) is 3.54. The van der Waals surface area contributed by atoms with Crippen LogP contribution in [0, 0.1) is 5.92 Å². The molecule has 1 aliphatic heterocycles. The number of methoxy groups -OCH3 is 1. The second-order valence-corrected chi connectivity index (χ2v) is 6.72. The molecule has 2 fully saturated rings. The predicted octanol–water partition coefficient (Wildman–Crippen LogP) is 2.37. The van der Waals surface area contributed by atoms with Gasteiger partial charge in [0, 0.05) is 37.5 Å². The van der Waals surface area contributed by atoms with Crippen LogP contribution in [0.4, 0.5) is 13.2 Å². The summed E-state index contributed by atoms with van der Waals surface area (Å²) in [5.41, 5.74) is 0.486. The van der Waals surface area contributed by atoms with E-state index in [9.17, 15) is 18.0 Å². The zero-order valence-corrected chi connectivity index (χ0v) is 15.4. The zero-order chi connectivity index (χ0) is 20.8. The first-order valence-electron chi connectivity index (χ1n) is 8.82. The van der Waals surface area contributed by atoms with Gasteiger partial charge in [-0.15, -0.1) is 0 Å². The Kier molecular flexibility index (Phi) is 7.36. The molecule has 1 spiro atoms. The normalized spacial score (nSPS) is 24.6. The molecule has 28 heavy (non-hydrogen) atoms. The smallest absolute Gasteiger partial charge is 0.475 e. The Balaban J connectivity index is 0.000000345. The van der Waals surface area contributed by atoms with E-state index in [1.165, 1.54) is 0 Å². The van der Waals surface area contributed by atoms with Crippen LogP contribution >= 0.6 is 0 Å². The average Bonchev–Trinajstić information content (AvgIpc) is 3.03. The number of morpholine rings is 1. The summed E-state index contributed by atoms with van der Waals surface area (Å²) in [4.78, 5) is 27.4. The van der Waals surface area contributed by atoms with E-state index in [1.54, 1.807) is 31.6 Å². The van der Waals surface area contributed by atoms with E-state index in [1.807, 2.05) is 4.90 Å². The number of carboxylic acid groups (broad SMARTS) is 1. The van der Waals surface area contributed by atoms with Gasteiger partial charge in [-0.1, -0.05) is 6.42 Å². The van der Waals surface area contributed by atoms with Crippen LogP contribution in [-0.4, -0.2) is 72.1 Å². The van der Waals surface area contributed by atoms with Gasteiger partial charge in [0.15, 0.2) is 0 Å². The van der Waals surface area contributed by atoms with Crippen molar-refractivity contribution in [2.45, 2.75) is 31.0 Å². The van der Waals surface area contributed by atoms with E-state index >= 15 is 0 Å². The molecule has 1 N–H and O–H groups in total. The number of ether oxygens (including phenoxy) is 2. The summed E-state index contributed by atoms with van der Waals surface area (Å²) in [7, 11) is 1.73. The number of pyridine rings is 1. The maximum atomic E-state index is 12.6. The molecule has 0 radical (unpaired) electrons. The van der Waals surface area contributed by atoms with Gasteiger partial charge in [-0.2, -0.15) is 13.2 Å². The minimum Gasteiger partial charge on any atom is -0.475 e. The quantitative estimate of drug-likeness (QED) is 0.832. The average molecular weight is 404 g/mol. The van der Waals surface area contributed by atoms with Crippen molar-refractivity contribution < 1.29 is 37.3 Å².